The molecule has 1 unspecified atom stereocenters. The van der Waals surface area contributed by atoms with Crippen LogP contribution in [0.3, 0.4) is 0 Å². The molecular formula is C25H31F2N2+. The van der Waals surface area contributed by atoms with Gasteiger partial charge in [-0.1, -0.05) is 43.7 Å². The van der Waals surface area contributed by atoms with Crippen molar-refractivity contribution in [3.63, 3.8) is 0 Å². The Bertz CT molecular complexity index is 910. The number of nitrogens with one attached hydrogen (secondary N) is 1. The molecule has 0 saturated heterocycles. The topological polar surface area (TPSA) is 9.37 Å². The van der Waals surface area contributed by atoms with E-state index >= 15 is 0 Å². The number of rotatable bonds is 9. The van der Waals surface area contributed by atoms with Crippen molar-refractivity contribution < 1.29 is 13.7 Å². The summed E-state index contributed by atoms with van der Waals surface area (Å²) in [5, 5.41) is 0. The molecule has 0 bridgehead atoms. The third kappa shape index (κ3) is 6.53. The molecule has 4 heteroatoms. The van der Waals surface area contributed by atoms with Crippen molar-refractivity contribution >= 4 is 0 Å². The molecule has 2 nitrogen and oxygen atoms in total. The fourth-order valence-electron chi connectivity index (χ4n) is 3.76. The minimum absolute atomic E-state index is 0.508. The summed E-state index contributed by atoms with van der Waals surface area (Å²) in [5.74, 6) is -0.426. The van der Waals surface area contributed by atoms with Crippen LogP contribution in [0.5, 0.6) is 0 Å². The highest BCUT2D eigenvalue weighted by Crippen LogP contribution is 2.11. The molecule has 0 fully saturated rings. The lowest BCUT2D eigenvalue weighted by atomic mass is 10.1. The SMILES string of the molecule is Cc1cccc(Cn2cccc2C[NH+](CCC(C)C)Cc2cc(F)cc(F)c2)c1. The summed E-state index contributed by atoms with van der Waals surface area (Å²) in [6, 6.07) is 16.6. The maximum atomic E-state index is 13.7. The lowest BCUT2D eigenvalue weighted by Gasteiger charge is -2.22. The van der Waals surface area contributed by atoms with Gasteiger partial charge in [0, 0.05) is 24.4 Å². The quantitative estimate of drug-likeness (QED) is 0.534. The van der Waals surface area contributed by atoms with Gasteiger partial charge in [0.05, 0.1) is 12.2 Å². The molecule has 0 aliphatic heterocycles. The first-order valence-electron chi connectivity index (χ1n) is 10.4. The number of aromatic nitrogens is 1. The maximum absolute atomic E-state index is 13.7. The van der Waals surface area contributed by atoms with Crippen LogP contribution in [0.1, 0.15) is 42.7 Å². The standard InChI is InChI=1S/C25H30F2N2/c1-19(2)9-11-28(16-22-13-23(26)15-24(27)14-22)18-25-8-5-10-29(25)17-21-7-4-6-20(3)12-21/h4-8,10,12-15,19H,9,11,16-18H2,1-3H3/p+1. The highest BCUT2D eigenvalue weighted by Gasteiger charge is 2.15. The number of halogens is 2. The summed E-state index contributed by atoms with van der Waals surface area (Å²) in [6.07, 6.45) is 3.19. The average molecular weight is 398 g/mol. The zero-order valence-electron chi connectivity index (χ0n) is 17.6. The zero-order chi connectivity index (χ0) is 20.8. The van der Waals surface area contributed by atoms with Crippen LogP contribution >= 0.6 is 0 Å². The summed E-state index contributed by atoms with van der Waals surface area (Å²) in [5.41, 5.74) is 4.48. The van der Waals surface area contributed by atoms with E-state index in [1.54, 1.807) is 0 Å². The molecule has 0 aliphatic carbocycles. The molecule has 0 saturated carbocycles. The normalized spacial score (nSPS) is 12.5. The van der Waals surface area contributed by atoms with E-state index in [1.807, 2.05) is 0 Å². The van der Waals surface area contributed by atoms with Crippen molar-refractivity contribution in [3.05, 3.63) is 94.8 Å². The molecule has 29 heavy (non-hydrogen) atoms. The van der Waals surface area contributed by atoms with Crippen LogP contribution in [0, 0.1) is 24.5 Å². The van der Waals surface area contributed by atoms with E-state index in [2.05, 4.69) is 67.9 Å². The van der Waals surface area contributed by atoms with Gasteiger partial charge in [0.25, 0.3) is 0 Å². The minimum Gasteiger partial charge on any atom is -0.342 e. The predicted molar refractivity (Wildman–Crippen MR) is 114 cm³/mol. The minimum atomic E-state index is -0.508. The monoisotopic (exact) mass is 397 g/mol. The molecule has 0 spiro atoms. The summed E-state index contributed by atoms with van der Waals surface area (Å²) in [7, 11) is 0. The first-order chi connectivity index (χ1) is 13.9. The molecule has 0 radical (unpaired) electrons. The van der Waals surface area contributed by atoms with E-state index in [9.17, 15) is 8.78 Å². The summed E-state index contributed by atoms with van der Waals surface area (Å²) in [4.78, 5) is 1.31. The van der Waals surface area contributed by atoms with Gasteiger partial charge in [-0.25, -0.2) is 8.78 Å². The molecule has 3 aromatic rings. The van der Waals surface area contributed by atoms with Crippen molar-refractivity contribution in [1.29, 1.82) is 0 Å². The van der Waals surface area contributed by atoms with Gasteiger partial charge in [-0.2, -0.15) is 0 Å². The predicted octanol–water partition coefficient (Wildman–Crippen LogP) is 4.75. The average Bonchev–Trinajstić information content (AvgIpc) is 3.05. The molecule has 154 valence electrons. The number of aryl methyl sites for hydroxylation is 1. The lowest BCUT2D eigenvalue weighted by molar-refractivity contribution is -0.928. The molecule has 3 rings (SSSR count). The van der Waals surface area contributed by atoms with Gasteiger partial charge in [-0.3, -0.25) is 0 Å². The van der Waals surface area contributed by atoms with E-state index in [1.165, 1.54) is 33.9 Å². The Morgan fingerprint density at radius 1 is 0.897 bits per heavy atom. The summed E-state index contributed by atoms with van der Waals surface area (Å²) in [6.45, 7) is 9.75. The summed E-state index contributed by atoms with van der Waals surface area (Å²) >= 11 is 0. The van der Waals surface area contributed by atoms with Gasteiger partial charge < -0.3 is 9.47 Å². The molecule has 1 heterocycles. The molecule has 0 aliphatic rings. The molecule has 0 amide bonds. The fourth-order valence-corrected chi connectivity index (χ4v) is 3.76. The van der Waals surface area contributed by atoms with E-state index in [0.29, 0.717) is 18.0 Å². The third-order valence-corrected chi connectivity index (χ3v) is 5.24. The van der Waals surface area contributed by atoms with Gasteiger partial charge in [0.15, 0.2) is 0 Å². The van der Waals surface area contributed by atoms with E-state index in [0.717, 1.165) is 32.1 Å². The smallest absolute Gasteiger partial charge is 0.126 e. The molecule has 1 N–H and O–H groups in total. The Morgan fingerprint density at radius 3 is 2.34 bits per heavy atom. The van der Waals surface area contributed by atoms with Gasteiger partial charge in [0.2, 0.25) is 0 Å². The van der Waals surface area contributed by atoms with Gasteiger partial charge in [-0.15, -0.1) is 0 Å². The number of quaternary nitrogens is 1. The molecular weight excluding hydrogens is 366 g/mol. The van der Waals surface area contributed by atoms with Crippen molar-refractivity contribution in [2.24, 2.45) is 5.92 Å². The first kappa shape index (κ1) is 21.3. The Labute approximate surface area is 172 Å². The summed E-state index contributed by atoms with van der Waals surface area (Å²) < 4.78 is 29.6. The zero-order valence-corrected chi connectivity index (χ0v) is 17.6. The van der Waals surface area contributed by atoms with Crippen molar-refractivity contribution in [1.82, 2.24) is 4.57 Å². The van der Waals surface area contributed by atoms with Crippen LogP contribution in [-0.4, -0.2) is 11.1 Å². The maximum Gasteiger partial charge on any atom is 0.126 e. The van der Waals surface area contributed by atoms with Crippen LogP contribution < -0.4 is 4.90 Å². The largest absolute Gasteiger partial charge is 0.342 e. The van der Waals surface area contributed by atoms with E-state index < -0.39 is 11.6 Å². The van der Waals surface area contributed by atoms with Crippen molar-refractivity contribution in [3.8, 4) is 0 Å². The lowest BCUT2D eigenvalue weighted by Crippen LogP contribution is -3.09. The Morgan fingerprint density at radius 2 is 1.66 bits per heavy atom. The number of benzene rings is 2. The van der Waals surface area contributed by atoms with E-state index in [-0.39, 0.29) is 0 Å². The number of hydrogen-bond donors (Lipinski definition) is 1. The van der Waals surface area contributed by atoms with Crippen LogP contribution in [0.15, 0.2) is 60.8 Å². The van der Waals surface area contributed by atoms with Crippen LogP contribution in [-0.2, 0) is 19.6 Å². The molecule has 1 aromatic heterocycles. The number of hydrogen-bond acceptors (Lipinski definition) is 0. The number of nitrogens with zero attached hydrogens (tertiary/aromatic N) is 1. The second-order valence-corrected chi connectivity index (χ2v) is 8.43. The second kappa shape index (κ2) is 9.84. The third-order valence-electron chi connectivity index (χ3n) is 5.24. The van der Waals surface area contributed by atoms with Crippen molar-refractivity contribution in [2.75, 3.05) is 6.54 Å². The van der Waals surface area contributed by atoms with Crippen LogP contribution in [0.2, 0.25) is 0 Å². The molecule has 2 aromatic carbocycles. The van der Waals surface area contributed by atoms with Gasteiger partial charge in [0.1, 0.15) is 24.7 Å². The van der Waals surface area contributed by atoms with E-state index in [4.69, 9.17) is 0 Å². The Hall–Kier alpha value is -2.46. The Kier molecular flexibility index (Phi) is 7.21. The van der Waals surface area contributed by atoms with Gasteiger partial charge in [-0.05, 0) is 49.1 Å². The van der Waals surface area contributed by atoms with Crippen molar-refractivity contribution in [2.45, 2.75) is 46.8 Å². The van der Waals surface area contributed by atoms with Gasteiger partial charge >= 0.3 is 0 Å². The van der Waals surface area contributed by atoms with Crippen LogP contribution in [0.25, 0.3) is 0 Å². The Balaban J connectivity index is 1.76. The first-order valence-corrected chi connectivity index (χ1v) is 10.4. The van der Waals surface area contributed by atoms with Crippen LogP contribution in [0.4, 0.5) is 8.78 Å². The second-order valence-electron chi connectivity index (χ2n) is 8.43. The highest BCUT2D eigenvalue weighted by molar-refractivity contribution is 5.23. The highest BCUT2D eigenvalue weighted by atomic mass is 19.1. The molecule has 1 atom stereocenters. The fraction of sp³-hybridized carbons (Fsp3) is 0.360.